The molecule has 0 aromatic heterocycles. The van der Waals surface area contributed by atoms with Crippen molar-refractivity contribution in [2.45, 2.75) is 85.4 Å². The summed E-state index contributed by atoms with van der Waals surface area (Å²) in [5.41, 5.74) is 4.97. The summed E-state index contributed by atoms with van der Waals surface area (Å²) in [6.07, 6.45) is 6.28. The molecule has 1 rings (SSSR count). The van der Waals surface area contributed by atoms with Crippen LogP contribution in [0.15, 0.2) is 30.0 Å². The van der Waals surface area contributed by atoms with E-state index in [1.54, 1.807) is 0 Å². The van der Waals surface area contributed by atoms with Gasteiger partial charge in [-0.1, -0.05) is 20.1 Å². The summed E-state index contributed by atoms with van der Waals surface area (Å²) < 4.78 is 11.5. The Morgan fingerprint density at radius 1 is 1.40 bits per heavy atom. The van der Waals surface area contributed by atoms with Crippen molar-refractivity contribution in [2.75, 3.05) is 6.61 Å². The van der Waals surface area contributed by atoms with Gasteiger partial charge in [0.25, 0.3) is 0 Å². The Morgan fingerprint density at radius 3 is 2.68 bits per heavy atom. The van der Waals surface area contributed by atoms with E-state index in [-0.39, 0.29) is 18.2 Å². The van der Waals surface area contributed by atoms with Gasteiger partial charge in [0.1, 0.15) is 0 Å². The number of esters is 1. The number of rotatable bonds is 9. The molecule has 3 heteroatoms. The zero-order valence-corrected chi connectivity index (χ0v) is 16.8. The second-order valence-electron chi connectivity index (χ2n) is 8.48. The summed E-state index contributed by atoms with van der Waals surface area (Å²) >= 11 is 0. The summed E-state index contributed by atoms with van der Waals surface area (Å²) in [7, 11) is 0. The van der Waals surface area contributed by atoms with E-state index in [9.17, 15) is 4.79 Å². The number of allylic oxidation sites excluding steroid dienone is 1. The molecular formula is C22H36O3. The predicted octanol–water partition coefficient (Wildman–Crippen LogP) is 5.61. The molecule has 3 atom stereocenters. The Labute approximate surface area is 154 Å². The van der Waals surface area contributed by atoms with Crippen LogP contribution >= 0.6 is 0 Å². The Morgan fingerprint density at radius 2 is 2.08 bits per heavy atom. The fourth-order valence-corrected chi connectivity index (χ4v) is 3.07. The average Bonchev–Trinajstić information content (AvgIpc) is 2.88. The lowest BCUT2D eigenvalue weighted by Crippen LogP contribution is -2.23. The van der Waals surface area contributed by atoms with Crippen LogP contribution in [0, 0.1) is 11.3 Å². The SMILES string of the molecule is C=C=C(C)C[C@@H](C)CCC1O[C@@H](CCCOC(=O)C(C)(C)C)CC1=C. The summed E-state index contributed by atoms with van der Waals surface area (Å²) in [6, 6.07) is 0. The molecule has 1 heterocycles. The minimum absolute atomic E-state index is 0.139. The third-order valence-electron chi connectivity index (χ3n) is 4.70. The first-order chi connectivity index (χ1) is 11.6. The molecule has 0 aliphatic carbocycles. The van der Waals surface area contributed by atoms with Gasteiger partial charge in [0, 0.05) is 0 Å². The van der Waals surface area contributed by atoms with Crippen LogP contribution in [0.3, 0.4) is 0 Å². The van der Waals surface area contributed by atoms with Crippen molar-refractivity contribution in [1.29, 1.82) is 0 Å². The standard InChI is InChI=1S/C22H36O3/c1-8-16(2)14-17(3)11-12-20-18(4)15-19(25-20)10-9-13-24-21(23)22(5,6)7/h17,19-20H,1,4,9-15H2,2-3,5-7H3/t17-,19-,20?/m0/s1. The van der Waals surface area contributed by atoms with Gasteiger partial charge in [0.15, 0.2) is 0 Å². The average molecular weight is 349 g/mol. The van der Waals surface area contributed by atoms with Gasteiger partial charge in [0.2, 0.25) is 0 Å². The highest BCUT2D eigenvalue weighted by Gasteiger charge is 2.29. The van der Waals surface area contributed by atoms with Gasteiger partial charge in [-0.15, -0.1) is 5.73 Å². The second kappa shape index (κ2) is 9.99. The van der Waals surface area contributed by atoms with Crippen molar-refractivity contribution in [1.82, 2.24) is 0 Å². The van der Waals surface area contributed by atoms with Gasteiger partial charge < -0.3 is 9.47 Å². The van der Waals surface area contributed by atoms with Crippen molar-refractivity contribution in [3.8, 4) is 0 Å². The zero-order chi connectivity index (χ0) is 19.0. The molecule has 1 saturated heterocycles. The summed E-state index contributed by atoms with van der Waals surface area (Å²) in [6.45, 7) is 18.3. The molecule has 0 saturated carbocycles. The second-order valence-corrected chi connectivity index (χ2v) is 8.48. The third-order valence-corrected chi connectivity index (χ3v) is 4.70. The Kier molecular flexibility index (Phi) is 8.68. The molecule has 0 radical (unpaired) electrons. The monoisotopic (exact) mass is 348 g/mol. The lowest BCUT2D eigenvalue weighted by atomic mass is 9.94. The predicted molar refractivity (Wildman–Crippen MR) is 103 cm³/mol. The van der Waals surface area contributed by atoms with Crippen molar-refractivity contribution < 1.29 is 14.3 Å². The van der Waals surface area contributed by atoms with Gasteiger partial charge in [-0.3, -0.25) is 4.79 Å². The Bertz CT molecular complexity index is 506. The quantitative estimate of drug-likeness (QED) is 0.235. The minimum Gasteiger partial charge on any atom is -0.465 e. The molecule has 1 aliphatic rings. The van der Waals surface area contributed by atoms with Crippen molar-refractivity contribution in [3.05, 3.63) is 30.0 Å². The van der Waals surface area contributed by atoms with Gasteiger partial charge in [-0.2, -0.15) is 0 Å². The number of carbonyl (C=O) groups is 1. The minimum atomic E-state index is -0.431. The van der Waals surface area contributed by atoms with Crippen LogP contribution < -0.4 is 0 Å². The Hall–Kier alpha value is -1.31. The zero-order valence-electron chi connectivity index (χ0n) is 16.8. The summed E-state index contributed by atoms with van der Waals surface area (Å²) in [4.78, 5) is 11.7. The third kappa shape index (κ3) is 8.07. The van der Waals surface area contributed by atoms with Crippen LogP contribution in [-0.2, 0) is 14.3 Å². The van der Waals surface area contributed by atoms with E-state index >= 15 is 0 Å². The fourth-order valence-electron chi connectivity index (χ4n) is 3.07. The molecule has 0 aromatic rings. The largest absolute Gasteiger partial charge is 0.465 e. The van der Waals surface area contributed by atoms with Gasteiger partial charge in [0.05, 0.1) is 24.2 Å². The lowest BCUT2D eigenvalue weighted by molar-refractivity contribution is -0.153. The lowest BCUT2D eigenvalue weighted by Gasteiger charge is -2.18. The number of carbonyl (C=O) groups excluding carboxylic acids is 1. The molecule has 3 nitrogen and oxygen atoms in total. The van der Waals surface area contributed by atoms with E-state index in [1.165, 1.54) is 11.1 Å². The van der Waals surface area contributed by atoms with Crippen LogP contribution in [0.5, 0.6) is 0 Å². The molecule has 142 valence electrons. The van der Waals surface area contributed by atoms with E-state index < -0.39 is 5.41 Å². The van der Waals surface area contributed by atoms with Crippen LogP contribution in [0.4, 0.5) is 0 Å². The van der Waals surface area contributed by atoms with Crippen molar-refractivity contribution in [2.24, 2.45) is 11.3 Å². The topological polar surface area (TPSA) is 35.5 Å². The maximum Gasteiger partial charge on any atom is 0.311 e. The van der Waals surface area contributed by atoms with Crippen LogP contribution in [0.2, 0.25) is 0 Å². The van der Waals surface area contributed by atoms with Crippen LogP contribution in [0.25, 0.3) is 0 Å². The van der Waals surface area contributed by atoms with Crippen LogP contribution in [0.1, 0.15) is 73.1 Å². The first-order valence-corrected chi connectivity index (χ1v) is 9.49. The van der Waals surface area contributed by atoms with Crippen LogP contribution in [-0.4, -0.2) is 24.8 Å². The van der Waals surface area contributed by atoms with Crippen molar-refractivity contribution >= 4 is 5.97 Å². The highest BCUT2D eigenvalue weighted by molar-refractivity contribution is 5.75. The molecule has 0 amide bonds. The number of ether oxygens (including phenoxy) is 2. The maximum absolute atomic E-state index is 11.7. The van der Waals surface area contributed by atoms with E-state index in [2.05, 4.69) is 32.7 Å². The first-order valence-electron chi connectivity index (χ1n) is 9.49. The molecular weight excluding hydrogens is 312 g/mol. The molecule has 25 heavy (non-hydrogen) atoms. The van der Waals surface area contributed by atoms with E-state index in [4.69, 9.17) is 9.47 Å². The molecule has 1 aliphatic heterocycles. The summed E-state index contributed by atoms with van der Waals surface area (Å²) in [5, 5.41) is 0. The molecule has 1 unspecified atom stereocenters. The molecule has 0 spiro atoms. The van der Waals surface area contributed by atoms with Gasteiger partial charge in [-0.05, 0) is 83.3 Å². The normalized spacial score (nSPS) is 21.7. The van der Waals surface area contributed by atoms with Crippen molar-refractivity contribution in [3.63, 3.8) is 0 Å². The highest BCUT2D eigenvalue weighted by atomic mass is 16.5. The molecule has 0 aromatic carbocycles. The molecule has 1 fully saturated rings. The Balaban J connectivity index is 2.25. The first kappa shape index (κ1) is 21.7. The highest BCUT2D eigenvalue weighted by Crippen LogP contribution is 2.31. The summed E-state index contributed by atoms with van der Waals surface area (Å²) in [5.74, 6) is 0.474. The van der Waals surface area contributed by atoms with E-state index in [0.717, 1.165) is 38.5 Å². The smallest absolute Gasteiger partial charge is 0.311 e. The van der Waals surface area contributed by atoms with Gasteiger partial charge >= 0.3 is 5.97 Å². The van der Waals surface area contributed by atoms with E-state index in [0.29, 0.717) is 12.5 Å². The fraction of sp³-hybridized carbons (Fsp3) is 0.727. The van der Waals surface area contributed by atoms with E-state index in [1.807, 2.05) is 20.8 Å². The number of hydrogen-bond donors (Lipinski definition) is 0. The molecule has 0 N–H and O–H groups in total. The molecule has 0 bridgehead atoms. The van der Waals surface area contributed by atoms with Gasteiger partial charge in [-0.25, -0.2) is 0 Å². The maximum atomic E-state index is 11.7. The number of hydrogen-bond acceptors (Lipinski definition) is 3.